The van der Waals surface area contributed by atoms with Gasteiger partial charge in [-0.05, 0) is 23.5 Å². The lowest BCUT2D eigenvalue weighted by molar-refractivity contribution is -0.380. The number of rotatable bonds is 13. The molecule has 2 aromatic rings. The SMILES string of the molecule is NC(=O)OCCOCCOCCC(=O)Nc1ccccc1C(=O)Nc1ncc([N+](=O)[O-])s1. The maximum Gasteiger partial charge on any atom is 0.404 e. The van der Waals surface area contributed by atoms with Gasteiger partial charge in [-0.1, -0.05) is 12.1 Å². The van der Waals surface area contributed by atoms with E-state index in [1.807, 2.05) is 0 Å². The van der Waals surface area contributed by atoms with Crippen LogP contribution in [0.2, 0.25) is 0 Å². The number of nitrogens with one attached hydrogen (secondary N) is 2. The van der Waals surface area contributed by atoms with Gasteiger partial charge in [-0.2, -0.15) is 0 Å². The second kappa shape index (κ2) is 12.9. The van der Waals surface area contributed by atoms with E-state index in [0.29, 0.717) is 0 Å². The topological polar surface area (TPSA) is 185 Å². The standard InChI is InChI=1S/C18H21N5O8S/c19-17(26)31-10-9-30-8-7-29-6-5-14(24)21-13-4-2-1-3-12(13)16(25)22-18-20-11-15(32-18)23(27)28/h1-4,11H,5-10H2,(H2,19,26)(H,21,24)(H,20,22,25). The molecule has 0 saturated carbocycles. The number of anilines is 2. The second-order valence-electron chi connectivity index (χ2n) is 5.95. The minimum Gasteiger partial charge on any atom is -0.447 e. The van der Waals surface area contributed by atoms with E-state index in [4.69, 9.17) is 15.2 Å². The lowest BCUT2D eigenvalue weighted by Crippen LogP contribution is -2.19. The number of ether oxygens (including phenoxy) is 3. The van der Waals surface area contributed by atoms with E-state index < -0.39 is 16.9 Å². The molecule has 0 aliphatic rings. The summed E-state index contributed by atoms with van der Waals surface area (Å²) < 4.78 is 14.9. The molecule has 1 heterocycles. The number of benzene rings is 1. The van der Waals surface area contributed by atoms with Crippen molar-refractivity contribution in [2.24, 2.45) is 5.73 Å². The first kappa shape index (κ1) is 24.6. The normalized spacial score (nSPS) is 10.4. The number of thiazole rings is 1. The number of primary amides is 1. The highest BCUT2D eigenvalue weighted by Crippen LogP contribution is 2.26. The van der Waals surface area contributed by atoms with Crippen molar-refractivity contribution in [2.45, 2.75) is 6.42 Å². The molecule has 0 bridgehead atoms. The molecule has 1 aromatic heterocycles. The molecule has 0 aliphatic heterocycles. The van der Waals surface area contributed by atoms with Crippen LogP contribution in [0.3, 0.4) is 0 Å². The lowest BCUT2D eigenvalue weighted by atomic mass is 10.1. The number of nitro groups is 1. The zero-order chi connectivity index (χ0) is 23.3. The van der Waals surface area contributed by atoms with Crippen LogP contribution in [0, 0.1) is 10.1 Å². The Morgan fingerprint density at radius 1 is 1.06 bits per heavy atom. The van der Waals surface area contributed by atoms with E-state index >= 15 is 0 Å². The molecule has 13 nitrogen and oxygen atoms in total. The molecule has 0 radical (unpaired) electrons. The molecule has 0 spiro atoms. The Morgan fingerprint density at radius 3 is 2.44 bits per heavy atom. The van der Waals surface area contributed by atoms with Gasteiger partial charge in [0, 0.05) is 0 Å². The third kappa shape index (κ3) is 8.63. The molecule has 3 amide bonds. The third-order valence-corrected chi connectivity index (χ3v) is 4.52. The van der Waals surface area contributed by atoms with Crippen molar-refractivity contribution in [3.8, 4) is 0 Å². The minimum atomic E-state index is -0.873. The van der Waals surface area contributed by atoms with Crippen molar-refractivity contribution in [2.75, 3.05) is 43.7 Å². The number of aromatic nitrogens is 1. The summed E-state index contributed by atoms with van der Waals surface area (Å²) in [5.74, 6) is -0.940. The smallest absolute Gasteiger partial charge is 0.404 e. The molecule has 14 heteroatoms. The van der Waals surface area contributed by atoms with Gasteiger partial charge in [-0.15, -0.1) is 0 Å². The maximum absolute atomic E-state index is 12.5. The summed E-state index contributed by atoms with van der Waals surface area (Å²) in [4.78, 5) is 48.9. The molecule has 0 saturated heterocycles. The van der Waals surface area contributed by atoms with Crippen LogP contribution in [-0.2, 0) is 19.0 Å². The van der Waals surface area contributed by atoms with Crippen molar-refractivity contribution in [3.05, 3.63) is 46.1 Å². The van der Waals surface area contributed by atoms with Crippen molar-refractivity contribution in [1.29, 1.82) is 0 Å². The largest absolute Gasteiger partial charge is 0.447 e. The van der Waals surface area contributed by atoms with Crippen molar-refractivity contribution in [1.82, 2.24) is 4.98 Å². The molecular formula is C18H21N5O8S. The molecule has 1 aromatic carbocycles. The Kier molecular flexibility index (Phi) is 9.96. The molecule has 0 atom stereocenters. The van der Waals surface area contributed by atoms with Crippen molar-refractivity contribution < 1.29 is 33.5 Å². The van der Waals surface area contributed by atoms with Crippen molar-refractivity contribution >= 4 is 45.1 Å². The zero-order valence-corrected chi connectivity index (χ0v) is 17.6. The van der Waals surface area contributed by atoms with Crippen LogP contribution in [0.1, 0.15) is 16.8 Å². The van der Waals surface area contributed by atoms with Gasteiger partial charge < -0.3 is 25.3 Å². The van der Waals surface area contributed by atoms with E-state index in [1.165, 1.54) is 6.07 Å². The number of nitrogens with two attached hydrogens (primary N) is 1. The van der Waals surface area contributed by atoms with Gasteiger partial charge in [0.2, 0.25) is 5.91 Å². The maximum atomic E-state index is 12.5. The highest BCUT2D eigenvalue weighted by molar-refractivity contribution is 7.18. The number of amides is 3. The molecule has 4 N–H and O–H groups in total. The summed E-state index contributed by atoms with van der Waals surface area (Å²) in [6.07, 6.45) is 0.217. The molecule has 0 fully saturated rings. The molecule has 0 unspecified atom stereocenters. The van der Waals surface area contributed by atoms with Gasteiger partial charge in [0.15, 0.2) is 5.13 Å². The molecule has 0 aliphatic carbocycles. The Labute approximate surface area is 186 Å². The van der Waals surface area contributed by atoms with E-state index in [-0.39, 0.29) is 66.7 Å². The highest BCUT2D eigenvalue weighted by atomic mass is 32.1. The summed E-state index contributed by atoms with van der Waals surface area (Å²) in [5, 5.41) is 15.7. The fourth-order valence-corrected chi connectivity index (χ4v) is 2.89. The number of hydrogen-bond donors (Lipinski definition) is 3. The van der Waals surface area contributed by atoms with Gasteiger partial charge in [0.1, 0.15) is 12.8 Å². The average Bonchev–Trinajstić information content (AvgIpc) is 3.21. The van der Waals surface area contributed by atoms with Crippen LogP contribution >= 0.6 is 11.3 Å². The summed E-state index contributed by atoms with van der Waals surface area (Å²) in [7, 11) is 0. The number of para-hydroxylation sites is 1. The monoisotopic (exact) mass is 467 g/mol. The third-order valence-electron chi connectivity index (χ3n) is 3.66. The van der Waals surface area contributed by atoms with Gasteiger partial charge >= 0.3 is 11.1 Å². The first-order chi connectivity index (χ1) is 15.4. The molecule has 32 heavy (non-hydrogen) atoms. The lowest BCUT2D eigenvalue weighted by Gasteiger charge is -2.11. The first-order valence-electron chi connectivity index (χ1n) is 9.25. The minimum absolute atomic E-state index is 0.0411. The van der Waals surface area contributed by atoms with E-state index in [9.17, 15) is 24.5 Å². The summed E-state index contributed by atoms with van der Waals surface area (Å²) in [6.45, 7) is 0.846. The van der Waals surface area contributed by atoms with E-state index in [2.05, 4.69) is 20.4 Å². The van der Waals surface area contributed by atoms with Crippen LogP contribution in [0.5, 0.6) is 0 Å². The van der Waals surface area contributed by atoms with Gasteiger partial charge in [0.05, 0.1) is 49.0 Å². The predicted molar refractivity (Wildman–Crippen MR) is 114 cm³/mol. The Morgan fingerprint density at radius 2 is 1.75 bits per heavy atom. The zero-order valence-electron chi connectivity index (χ0n) is 16.8. The second-order valence-corrected chi connectivity index (χ2v) is 6.96. The molecular weight excluding hydrogens is 446 g/mol. The quantitative estimate of drug-likeness (QED) is 0.224. The van der Waals surface area contributed by atoms with Gasteiger partial charge in [0.25, 0.3) is 5.91 Å². The number of carbonyl (C=O) groups is 3. The molecule has 172 valence electrons. The first-order valence-corrected chi connectivity index (χ1v) is 10.1. The van der Waals surface area contributed by atoms with Crippen LogP contribution in [-0.4, -0.2) is 60.8 Å². The Hall–Kier alpha value is -3.62. The summed E-state index contributed by atoms with van der Waals surface area (Å²) >= 11 is 0.723. The van der Waals surface area contributed by atoms with E-state index in [1.54, 1.807) is 18.2 Å². The van der Waals surface area contributed by atoms with Crippen LogP contribution in [0.25, 0.3) is 0 Å². The fourth-order valence-electron chi connectivity index (χ4n) is 2.26. The predicted octanol–water partition coefficient (Wildman–Crippen LogP) is 1.76. The van der Waals surface area contributed by atoms with E-state index in [0.717, 1.165) is 17.5 Å². The fraction of sp³-hybridized carbons (Fsp3) is 0.333. The Bertz CT molecular complexity index is 951. The number of nitrogens with zero attached hydrogens (tertiary/aromatic N) is 2. The van der Waals surface area contributed by atoms with Gasteiger partial charge in [-0.25, -0.2) is 9.78 Å². The van der Waals surface area contributed by atoms with Crippen LogP contribution in [0.15, 0.2) is 30.5 Å². The van der Waals surface area contributed by atoms with Crippen LogP contribution < -0.4 is 16.4 Å². The average molecular weight is 467 g/mol. The Balaban J connectivity index is 1.74. The summed E-state index contributed by atoms with van der Waals surface area (Å²) in [6, 6.07) is 6.32. The van der Waals surface area contributed by atoms with Crippen molar-refractivity contribution in [3.63, 3.8) is 0 Å². The number of hydrogen-bond acceptors (Lipinski definition) is 10. The number of carbonyl (C=O) groups excluding carboxylic acids is 3. The molecule has 2 rings (SSSR count). The van der Waals surface area contributed by atoms with Crippen LogP contribution in [0.4, 0.5) is 20.6 Å². The summed E-state index contributed by atoms with van der Waals surface area (Å²) in [5.41, 5.74) is 5.25. The van der Waals surface area contributed by atoms with Gasteiger partial charge in [-0.3, -0.25) is 25.0 Å². The highest BCUT2D eigenvalue weighted by Gasteiger charge is 2.17.